The first kappa shape index (κ1) is 23.3. The fourth-order valence-electron chi connectivity index (χ4n) is 2.42. The summed E-state index contributed by atoms with van der Waals surface area (Å²) >= 11 is 8.58. The SMILES string of the molecule is CCc1cc(C(=O)c2ccc(OC(C)C)c(Cl)c2)c(NC(=O)CSCC(=O)O)s1. The molecule has 156 valence electrons. The molecule has 0 radical (unpaired) electrons. The number of anilines is 1. The van der Waals surface area contributed by atoms with E-state index in [0.29, 0.717) is 26.9 Å². The number of hydrogen-bond acceptors (Lipinski definition) is 6. The van der Waals surface area contributed by atoms with Gasteiger partial charge >= 0.3 is 5.97 Å². The van der Waals surface area contributed by atoms with Crippen LogP contribution in [-0.2, 0) is 16.0 Å². The summed E-state index contributed by atoms with van der Waals surface area (Å²) in [5, 5.41) is 12.2. The first-order valence-corrected chi connectivity index (χ1v) is 11.3. The molecule has 2 aromatic rings. The molecular weight excluding hydrogens is 434 g/mol. The molecule has 0 saturated heterocycles. The molecule has 0 atom stereocenters. The highest BCUT2D eigenvalue weighted by molar-refractivity contribution is 8.00. The van der Waals surface area contributed by atoms with E-state index < -0.39 is 5.97 Å². The summed E-state index contributed by atoms with van der Waals surface area (Å²) in [5.74, 6) is -1.26. The third-order valence-corrected chi connectivity index (χ3v) is 6.05. The molecule has 9 heteroatoms. The molecule has 1 amide bonds. The van der Waals surface area contributed by atoms with Gasteiger partial charge in [0.05, 0.1) is 28.2 Å². The van der Waals surface area contributed by atoms with Gasteiger partial charge in [-0.15, -0.1) is 23.1 Å². The number of thioether (sulfide) groups is 1. The molecule has 0 aliphatic carbocycles. The third kappa shape index (κ3) is 6.76. The molecule has 0 aliphatic rings. The van der Waals surface area contributed by atoms with Crippen LogP contribution in [0.3, 0.4) is 0 Å². The predicted molar refractivity (Wildman–Crippen MR) is 118 cm³/mol. The van der Waals surface area contributed by atoms with Gasteiger partial charge in [0, 0.05) is 10.4 Å². The minimum absolute atomic E-state index is 0.00758. The normalized spacial score (nSPS) is 10.8. The number of carbonyl (C=O) groups is 3. The smallest absolute Gasteiger partial charge is 0.313 e. The lowest BCUT2D eigenvalue weighted by molar-refractivity contribution is -0.133. The van der Waals surface area contributed by atoms with Crippen LogP contribution in [0.5, 0.6) is 5.75 Å². The molecule has 0 spiro atoms. The van der Waals surface area contributed by atoms with E-state index in [0.717, 1.165) is 23.1 Å². The van der Waals surface area contributed by atoms with Gasteiger partial charge in [-0.3, -0.25) is 14.4 Å². The number of carbonyl (C=O) groups excluding carboxylic acids is 2. The van der Waals surface area contributed by atoms with Crippen molar-refractivity contribution in [1.82, 2.24) is 0 Å². The lowest BCUT2D eigenvalue weighted by atomic mass is 10.0. The average Bonchev–Trinajstić information content (AvgIpc) is 3.05. The summed E-state index contributed by atoms with van der Waals surface area (Å²) < 4.78 is 5.60. The average molecular weight is 456 g/mol. The molecule has 1 aromatic heterocycles. The molecule has 1 aromatic carbocycles. The molecule has 1 heterocycles. The van der Waals surface area contributed by atoms with Gasteiger partial charge in [-0.1, -0.05) is 18.5 Å². The first-order chi connectivity index (χ1) is 13.7. The van der Waals surface area contributed by atoms with E-state index >= 15 is 0 Å². The molecule has 0 bridgehead atoms. The number of thiophene rings is 1. The Morgan fingerprint density at radius 1 is 1.24 bits per heavy atom. The molecular formula is C20H22ClNO5S2. The van der Waals surface area contributed by atoms with E-state index in [2.05, 4.69) is 5.32 Å². The van der Waals surface area contributed by atoms with Crippen LogP contribution in [-0.4, -0.2) is 40.4 Å². The van der Waals surface area contributed by atoms with Crippen molar-refractivity contribution in [3.8, 4) is 5.75 Å². The Hall–Kier alpha value is -2.03. The second kappa shape index (κ2) is 10.7. The summed E-state index contributed by atoms with van der Waals surface area (Å²) in [7, 11) is 0. The number of halogens is 1. The van der Waals surface area contributed by atoms with E-state index in [9.17, 15) is 14.4 Å². The number of ketones is 1. The zero-order valence-electron chi connectivity index (χ0n) is 16.3. The van der Waals surface area contributed by atoms with Gasteiger partial charge in [-0.25, -0.2) is 0 Å². The summed E-state index contributed by atoms with van der Waals surface area (Å²) in [6.07, 6.45) is 0.676. The van der Waals surface area contributed by atoms with Crippen molar-refractivity contribution >= 4 is 57.4 Å². The Labute approximate surface area is 182 Å². The highest BCUT2D eigenvalue weighted by Crippen LogP contribution is 2.33. The summed E-state index contributed by atoms with van der Waals surface area (Å²) in [6, 6.07) is 6.62. The number of rotatable bonds is 10. The van der Waals surface area contributed by atoms with Gasteiger partial charge in [-0.05, 0) is 44.5 Å². The lowest BCUT2D eigenvalue weighted by Gasteiger charge is -2.12. The van der Waals surface area contributed by atoms with Gasteiger partial charge in [0.1, 0.15) is 10.8 Å². The van der Waals surface area contributed by atoms with Gasteiger partial charge in [0.15, 0.2) is 5.78 Å². The minimum Gasteiger partial charge on any atom is -0.489 e. The fourth-order valence-corrected chi connectivity index (χ4v) is 4.19. The highest BCUT2D eigenvalue weighted by atomic mass is 35.5. The van der Waals surface area contributed by atoms with Crippen molar-refractivity contribution in [3.63, 3.8) is 0 Å². The number of aryl methyl sites for hydroxylation is 1. The number of nitrogens with one attached hydrogen (secondary N) is 1. The Bertz CT molecular complexity index is 910. The van der Waals surface area contributed by atoms with Crippen molar-refractivity contribution < 1.29 is 24.2 Å². The van der Waals surface area contributed by atoms with Crippen LogP contribution >= 0.6 is 34.7 Å². The molecule has 0 saturated carbocycles. The van der Waals surface area contributed by atoms with Crippen LogP contribution in [0.4, 0.5) is 5.00 Å². The standard InChI is InChI=1S/C20H22ClNO5S2/c1-4-13-8-14(20(29-13)22-17(23)9-28-10-18(24)25)19(26)12-5-6-16(15(21)7-12)27-11(2)3/h5-8,11H,4,9-10H2,1-3H3,(H,22,23)(H,24,25). The summed E-state index contributed by atoms with van der Waals surface area (Å²) in [5.41, 5.74) is 0.777. The van der Waals surface area contributed by atoms with E-state index in [1.54, 1.807) is 24.3 Å². The topological polar surface area (TPSA) is 92.7 Å². The molecule has 0 fully saturated rings. The number of carboxylic acids is 1. The quantitative estimate of drug-likeness (QED) is 0.503. The number of hydrogen-bond donors (Lipinski definition) is 2. The van der Waals surface area contributed by atoms with Crippen LogP contribution < -0.4 is 10.1 Å². The number of ether oxygens (including phenoxy) is 1. The van der Waals surface area contributed by atoms with Crippen LogP contribution in [0, 0.1) is 0 Å². The zero-order valence-corrected chi connectivity index (χ0v) is 18.7. The second-order valence-corrected chi connectivity index (χ2v) is 8.91. The van der Waals surface area contributed by atoms with Crippen molar-refractivity contribution in [3.05, 3.63) is 45.3 Å². The van der Waals surface area contributed by atoms with Crippen molar-refractivity contribution in [2.45, 2.75) is 33.3 Å². The molecule has 0 aliphatic heterocycles. The summed E-state index contributed by atoms with van der Waals surface area (Å²) in [6.45, 7) is 5.73. The number of aliphatic carboxylic acids is 1. The predicted octanol–water partition coefficient (Wildman–Crippen LogP) is 4.74. The van der Waals surface area contributed by atoms with E-state index in [4.69, 9.17) is 21.4 Å². The molecule has 6 nitrogen and oxygen atoms in total. The maximum atomic E-state index is 13.0. The Morgan fingerprint density at radius 3 is 2.55 bits per heavy atom. The highest BCUT2D eigenvalue weighted by Gasteiger charge is 2.20. The van der Waals surface area contributed by atoms with Gasteiger partial charge in [-0.2, -0.15) is 0 Å². The monoisotopic (exact) mass is 455 g/mol. The van der Waals surface area contributed by atoms with E-state index in [1.165, 1.54) is 11.3 Å². The molecule has 2 rings (SSSR count). The first-order valence-electron chi connectivity index (χ1n) is 8.94. The van der Waals surface area contributed by atoms with Crippen LogP contribution in [0.2, 0.25) is 5.02 Å². The third-order valence-electron chi connectivity index (χ3n) is 3.64. The van der Waals surface area contributed by atoms with Crippen molar-refractivity contribution in [1.29, 1.82) is 0 Å². The maximum Gasteiger partial charge on any atom is 0.313 e. The van der Waals surface area contributed by atoms with Gasteiger partial charge in [0.25, 0.3) is 0 Å². The van der Waals surface area contributed by atoms with Gasteiger partial charge in [0.2, 0.25) is 5.91 Å². The number of amides is 1. The van der Waals surface area contributed by atoms with Crippen molar-refractivity contribution in [2.75, 3.05) is 16.8 Å². The van der Waals surface area contributed by atoms with Crippen LogP contribution in [0.15, 0.2) is 24.3 Å². The number of carboxylic acid groups (broad SMARTS) is 1. The Morgan fingerprint density at radius 2 is 1.97 bits per heavy atom. The fraction of sp³-hybridized carbons (Fsp3) is 0.350. The Balaban J connectivity index is 2.21. The second-order valence-electron chi connectivity index (χ2n) is 6.38. The minimum atomic E-state index is -0.982. The number of benzene rings is 1. The van der Waals surface area contributed by atoms with Crippen LogP contribution in [0.25, 0.3) is 0 Å². The van der Waals surface area contributed by atoms with Crippen molar-refractivity contribution in [2.24, 2.45) is 0 Å². The Kier molecular flexibility index (Phi) is 8.55. The lowest BCUT2D eigenvalue weighted by Crippen LogP contribution is -2.16. The van der Waals surface area contributed by atoms with Gasteiger partial charge < -0.3 is 15.2 Å². The maximum absolute atomic E-state index is 13.0. The summed E-state index contributed by atoms with van der Waals surface area (Å²) in [4.78, 5) is 36.7. The molecule has 29 heavy (non-hydrogen) atoms. The van der Waals surface area contributed by atoms with Crippen LogP contribution in [0.1, 0.15) is 41.6 Å². The van der Waals surface area contributed by atoms with E-state index in [1.807, 2.05) is 20.8 Å². The largest absolute Gasteiger partial charge is 0.489 e. The molecule has 0 unspecified atom stereocenters. The molecule has 2 N–H and O–H groups in total. The van der Waals surface area contributed by atoms with E-state index in [-0.39, 0.29) is 29.3 Å². The zero-order chi connectivity index (χ0) is 21.6.